The average Bonchev–Trinajstić information content (AvgIpc) is 2.53. The lowest BCUT2D eigenvalue weighted by molar-refractivity contribution is 0.218. The highest BCUT2D eigenvalue weighted by atomic mass is 16.3. The molecule has 0 bridgehead atoms. The van der Waals surface area contributed by atoms with Crippen molar-refractivity contribution >= 4 is 10.9 Å². The van der Waals surface area contributed by atoms with Crippen molar-refractivity contribution in [3.8, 4) is 0 Å². The molecule has 1 unspecified atom stereocenters. The molecular weight excluding hydrogens is 262 g/mol. The fourth-order valence-corrected chi connectivity index (χ4v) is 2.46. The van der Waals surface area contributed by atoms with Gasteiger partial charge in [-0.2, -0.15) is 10.2 Å². The molecule has 0 saturated heterocycles. The van der Waals surface area contributed by atoms with E-state index < -0.39 is 6.10 Å². The molecule has 4 heteroatoms. The van der Waals surface area contributed by atoms with Gasteiger partial charge in [-0.15, -0.1) is 0 Å². The lowest BCUT2D eigenvalue weighted by Gasteiger charge is -2.15. The zero-order chi connectivity index (χ0) is 14.8. The molecule has 3 rings (SSSR count). The normalized spacial score (nSPS) is 12.5. The van der Waals surface area contributed by atoms with E-state index in [1.54, 1.807) is 6.20 Å². The van der Waals surface area contributed by atoms with Gasteiger partial charge in [0.1, 0.15) is 6.10 Å². The van der Waals surface area contributed by atoms with Crippen molar-refractivity contribution in [2.24, 2.45) is 0 Å². The van der Waals surface area contributed by atoms with E-state index in [9.17, 15) is 5.11 Å². The molecular formula is C17H17N3O. The van der Waals surface area contributed by atoms with Crippen LogP contribution in [0.3, 0.4) is 0 Å². The van der Waals surface area contributed by atoms with Crippen molar-refractivity contribution in [1.29, 1.82) is 0 Å². The van der Waals surface area contributed by atoms with Crippen molar-refractivity contribution in [3.63, 3.8) is 0 Å². The number of aromatic nitrogens is 3. The summed E-state index contributed by atoms with van der Waals surface area (Å²) >= 11 is 0. The first-order valence-electron chi connectivity index (χ1n) is 7.05. The third-order valence-electron chi connectivity index (χ3n) is 3.58. The van der Waals surface area contributed by atoms with Crippen LogP contribution in [0.15, 0.2) is 42.6 Å². The number of pyridine rings is 1. The van der Waals surface area contributed by atoms with Gasteiger partial charge < -0.3 is 5.11 Å². The summed E-state index contributed by atoms with van der Waals surface area (Å²) in [5.74, 6) is 0. The zero-order valence-corrected chi connectivity index (χ0v) is 12.1. The van der Waals surface area contributed by atoms with E-state index in [0.29, 0.717) is 0 Å². The predicted molar refractivity (Wildman–Crippen MR) is 82.0 cm³/mol. The smallest absolute Gasteiger partial charge is 0.107 e. The fraction of sp³-hybridized carbons (Fsp3) is 0.235. The molecule has 4 nitrogen and oxygen atoms in total. The standard InChI is InChI=1S/C17H17N3O/c1-3-15-14(8-11(2)19-20-15)17(21)13-9-12-6-4-5-7-16(12)18-10-13/h4-10,17,21H,3H2,1-2H3. The number of hydrogen-bond acceptors (Lipinski definition) is 4. The van der Waals surface area contributed by atoms with Gasteiger partial charge in [0.05, 0.1) is 16.9 Å². The van der Waals surface area contributed by atoms with Gasteiger partial charge in [0.15, 0.2) is 0 Å². The van der Waals surface area contributed by atoms with Gasteiger partial charge in [-0.25, -0.2) is 0 Å². The first-order chi connectivity index (χ1) is 10.2. The maximum atomic E-state index is 10.7. The number of aliphatic hydroxyl groups excluding tert-OH is 1. The molecule has 1 atom stereocenters. The Labute approximate surface area is 123 Å². The quantitative estimate of drug-likeness (QED) is 0.800. The second kappa shape index (κ2) is 5.58. The molecule has 0 saturated carbocycles. The number of para-hydroxylation sites is 1. The fourth-order valence-electron chi connectivity index (χ4n) is 2.46. The Bertz CT molecular complexity index is 786. The van der Waals surface area contributed by atoms with Gasteiger partial charge >= 0.3 is 0 Å². The number of benzene rings is 1. The van der Waals surface area contributed by atoms with Gasteiger partial charge in [-0.05, 0) is 31.5 Å². The highest BCUT2D eigenvalue weighted by Gasteiger charge is 2.16. The van der Waals surface area contributed by atoms with Gasteiger partial charge in [-0.3, -0.25) is 4.98 Å². The van der Waals surface area contributed by atoms with Crippen LogP contribution in [0.25, 0.3) is 10.9 Å². The van der Waals surface area contributed by atoms with Crippen molar-refractivity contribution in [1.82, 2.24) is 15.2 Å². The SMILES string of the molecule is CCc1nnc(C)cc1C(O)c1cnc2ccccc2c1. The Balaban J connectivity index is 2.07. The second-order valence-electron chi connectivity index (χ2n) is 5.11. The van der Waals surface area contributed by atoms with Gasteiger partial charge in [-0.1, -0.05) is 25.1 Å². The van der Waals surface area contributed by atoms with Gasteiger partial charge in [0.25, 0.3) is 0 Å². The zero-order valence-electron chi connectivity index (χ0n) is 12.1. The van der Waals surface area contributed by atoms with E-state index in [1.165, 1.54) is 0 Å². The van der Waals surface area contributed by atoms with E-state index >= 15 is 0 Å². The Morgan fingerprint density at radius 1 is 1.14 bits per heavy atom. The summed E-state index contributed by atoms with van der Waals surface area (Å²) in [6.07, 6.45) is 1.73. The number of rotatable bonds is 3. The maximum absolute atomic E-state index is 10.7. The molecule has 0 fully saturated rings. The van der Waals surface area contributed by atoms with E-state index in [1.807, 2.05) is 50.2 Å². The summed E-state index contributed by atoms with van der Waals surface area (Å²) in [7, 11) is 0. The van der Waals surface area contributed by atoms with E-state index in [2.05, 4.69) is 15.2 Å². The molecule has 21 heavy (non-hydrogen) atoms. The minimum atomic E-state index is -0.730. The molecule has 0 radical (unpaired) electrons. The number of hydrogen-bond donors (Lipinski definition) is 1. The third-order valence-corrected chi connectivity index (χ3v) is 3.58. The van der Waals surface area contributed by atoms with E-state index in [-0.39, 0.29) is 0 Å². The van der Waals surface area contributed by atoms with Crippen molar-refractivity contribution in [3.05, 3.63) is 65.1 Å². The summed E-state index contributed by atoms with van der Waals surface area (Å²) in [6, 6.07) is 11.7. The monoisotopic (exact) mass is 279 g/mol. The highest BCUT2D eigenvalue weighted by molar-refractivity contribution is 5.78. The minimum Gasteiger partial charge on any atom is -0.384 e. The average molecular weight is 279 g/mol. The Morgan fingerprint density at radius 3 is 2.76 bits per heavy atom. The topological polar surface area (TPSA) is 58.9 Å². The van der Waals surface area contributed by atoms with Crippen molar-refractivity contribution < 1.29 is 5.11 Å². The van der Waals surface area contributed by atoms with Crippen LogP contribution in [-0.2, 0) is 6.42 Å². The lowest BCUT2D eigenvalue weighted by Crippen LogP contribution is -2.08. The van der Waals surface area contributed by atoms with Crippen LogP contribution in [-0.4, -0.2) is 20.3 Å². The van der Waals surface area contributed by atoms with E-state index in [0.717, 1.165) is 39.8 Å². The summed E-state index contributed by atoms with van der Waals surface area (Å²) in [5, 5.41) is 19.9. The molecule has 0 aliphatic rings. The largest absolute Gasteiger partial charge is 0.384 e. The number of nitrogens with zero attached hydrogens (tertiary/aromatic N) is 3. The number of aryl methyl sites for hydroxylation is 2. The Hall–Kier alpha value is -2.33. The molecule has 1 N–H and O–H groups in total. The Kier molecular flexibility index (Phi) is 3.62. The van der Waals surface area contributed by atoms with Crippen molar-refractivity contribution in [2.75, 3.05) is 0 Å². The molecule has 0 amide bonds. The van der Waals surface area contributed by atoms with E-state index in [4.69, 9.17) is 0 Å². The lowest BCUT2D eigenvalue weighted by atomic mass is 9.99. The summed E-state index contributed by atoms with van der Waals surface area (Å²) in [5.41, 5.74) is 4.13. The van der Waals surface area contributed by atoms with Crippen molar-refractivity contribution in [2.45, 2.75) is 26.4 Å². The Morgan fingerprint density at radius 2 is 1.95 bits per heavy atom. The van der Waals surface area contributed by atoms with Gasteiger partial charge in [0, 0.05) is 22.7 Å². The molecule has 0 spiro atoms. The van der Waals surface area contributed by atoms with Crippen LogP contribution in [0.4, 0.5) is 0 Å². The van der Waals surface area contributed by atoms with Crippen LogP contribution in [0.2, 0.25) is 0 Å². The van der Waals surface area contributed by atoms with Crippen LogP contribution < -0.4 is 0 Å². The molecule has 3 aromatic rings. The molecule has 106 valence electrons. The molecule has 1 aromatic carbocycles. The molecule has 0 aliphatic carbocycles. The summed E-state index contributed by atoms with van der Waals surface area (Å²) < 4.78 is 0. The van der Waals surface area contributed by atoms with Gasteiger partial charge in [0.2, 0.25) is 0 Å². The summed E-state index contributed by atoms with van der Waals surface area (Å²) in [4.78, 5) is 4.41. The molecule has 0 aliphatic heterocycles. The maximum Gasteiger partial charge on any atom is 0.107 e. The third kappa shape index (κ3) is 2.62. The van der Waals surface area contributed by atoms with Crippen LogP contribution in [0, 0.1) is 6.92 Å². The predicted octanol–water partition coefficient (Wildman–Crippen LogP) is 2.98. The number of fused-ring (bicyclic) bond motifs is 1. The van der Waals surface area contributed by atoms with Crippen LogP contribution in [0.5, 0.6) is 0 Å². The first-order valence-corrected chi connectivity index (χ1v) is 7.05. The molecule has 2 heterocycles. The highest BCUT2D eigenvalue weighted by Crippen LogP contribution is 2.26. The van der Waals surface area contributed by atoms with Crippen LogP contribution >= 0.6 is 0 Å². The van der Waals surface area contributed by atoms with Crippen LogP contribution in [0.1, 0.15) is 35.5 Å². The summed E-state index contributed by atoms with van der Waals surface area (Å²) in [6.45, 7) is 3.88. The number of aliphatic hydroxyl groups is 1. The minimum absolute atomic E-state index is 0.730. The second-order valence-corrected chi connectivity index (χ2v) is 5.11. The molecule has 2 aromatic heterocycles. The first kappa shape index (κ1) is 13.6.